The van der Waals surface area contributed by atoms with Crippen LogP contribution in [0.15, 0.2) is 0 Å². The Bertz CT molecular complexity index is 448. The second-order valence-electron chi connectivity index (χ2n) is 5.58. The van der Waals surface area contributed by atoms with Gasteiger partial charge in [0.25, 0.3) is 0 Å². The van der Waals surface area contributed by atoms with Crippen LogP contribution < -0.4 is 16.0 Å². The van der Waals surface area contributed by atoms with Crippen LogP contribution in [0.1, 0.15) is 19.8 Å². The molecule has 0 radical (unpaired) electrons. The zero-order valence-electron chi connectivity index (χ0n) is 13.5. The topological polar surface area (TPSA) is 99.8 Å². The molecule has 3 N–H and O–H groups in total. The zero-order valence-corrected chi connectivity index (χ0v) is 14.3. The highest BCUT2D eigenvalue weighted by Crippen LogP contribution is 2.17. The van der Waals surface area contributed by atoms with Crippen LogP contribution in [0.5, 0.6) is 0 Å². The van der Waals surface area contributed by atoms with Gasteiger partial charge in [0, 0.05) is 20.1 Å². The molecule has 1 unspecified atom stereocenters. The minimum absolute atomic E-state index is 0. The van der Waals surface area contributed by atoms with E-state index < -0.39 is 12.1 Å². The normalized spacial score (nSPS) is 27.0. The van der Waals surface area contributed by atoms with Gasteiger partial charge in [-0.25, -0.2) is 0 Å². The number of nitrogens with zero attached hydrogens (tertiary/aromatic N) is 1. The van der Waals surface area contributed by atoms with Gasteiger partial charge in [-0.1, -0.05) is 0 Å². The van der Waals surface area contributed by atoms with Gasteiger partial charge in [-0.3, -0.25) is 14.4 Å². The van der Waals surface area contributed by atoms with E-state index in [2.05, 4.69) is 16.0 Å². The van der Waals surface area contributed by atoms with Crippen molar-refractivity contribution in [2.45, 2.75) is 38.0 Å². The predicted molar refractivity (Wildman–Crippen MR) is 86.3 cm³/mol. The first kappa shape index (κ1) is 19.7. The number of likely N-dealkylation sites (N-methyl/N-ethyl adjacent to an activating group) is 1. The van der Waals surface area contributed by atoms with Crippen LogP contribution in [0, 0.1) is 0 Å². The third kappa shape index (κ3) is 4.79. The number of amides is 3. The highest BCUT2D eigenvalue weighted by Gasteiger charge is 2.34. The summed E-state index contributed by atoms with van der Waals surface area (Å²) >= 11 is 0. The second-order valence-corrected chi connectivity index (χ2v) is 5.58. The summed E-state index contributed by atoms with van der Waals surface area (Å²) in [6.07, 6.45) is 1.23. The van der Waals surface area contributed by atoms with Crippen molar-refractivity contribution in [2.24, 2.45) is 0 Å². The molecule has 2 heterocycles. The molecule has 2 aliphatic rings. The first-order valence-electron chi connectivity index (χ1n) is 7.68. The third-order valence-electron chi connectivity index (χ3n) is 4.13. The summed E-state index contributed by atoms with van der Waals surface area (Å²) in [5.41, 5.74) is 0. The highest BCUT2D eigenvalue weighted by molar-refractivity contribution is 5.91. The lowest BCUT2D eigenvalue weighted by Crippen LogP contribution is -2.57. The molecule has 132 valence electrons. The Morgan fingerprint density at radius 1 is 1.30 bits per heavy atom. The monoisotopic (exact) mass is 348 g/mol. The van der Waals surface area contributed by atoms with E-state index in [1.807, 2.05) is 6.92 Å². The van der Waals surface area contributed by atoms with Gasteiger partial charge < -0.3 is 25.6 Å². The molecule has 0 aromatic heterocycles. The van der Waals surface area contributed by atoms with E-state index in [0.29, 0.717) is 26.1 Å². The van der Waals surface area contributed by atoms with Crippen molar-refractivity contribution in [2.75, 3.05) is 33.3 Å². The number of carbonyl (C=O) groups excluding carboxylic acids is 3. The van der Waals surface area contributed by atoms with E-state index >= 15 is 0 Å². The van der Waals surface area contributed by atoms with Gasteiger partial charge >= 0.3 is 0 Å². The fourth-order valence-corrected chi connectivity index (χ4v) is 2.91. The second kappa shape index (κ2) is 9.05. The molecule has 2 aliphatic heterocycles. The molecule has 0 aromatic rings. The molecular formula is C14H25ClN4O4. The number of hydrogen-bond acceptors (Lipinski definition) is 5. The van der Waals surface area contributed by atoms with E-state index in [1.165, 1.54) is 4.90 Å². The molecule has 0 spiro atoms. The van der Waals surface area contributed by atoms with Crippen LogP contribution >= 0.6 is 12.4 Å². The predicted octanol–water partition coefficient (Wildman–Crippen LogP) is -1.36. The van der Waals surface area contributed by atoms with E-state index in [-0.39, 0.29) is 42.8 Å². The molecule has 0 aromatic carbocycles. The minimum Gasteiger partial charge on any atom is -0.375 e. The average molecular weight is 349 g/mol. The molecule has 2 rings (SSSR count). The summed E-state index contributed by atoms with van der Waals surface area (Å²) in [5.74, 6) is -0.645. The molecular weight excluding hydrogens is 324 g/mol. The number of morpholine rings is 1. The molecule has 3 amide bonds. The van der Waals surface area contributed by atoms with Crippen molar-refractivity contribution in [3.63, 3.8) is 0 Å². The Hall–Kier alpha value is -1.38. The fraction of sp³-hybridized carbons (Fsp3) is 0.786. The number of hydrogen-bond donors (Lipinski definition) is 3. The Morgan fingerprint density at radius 2 is 2.04 bits per heavy atom. The van der Waals surface area contributed by atoms with Gasteiger partial charge in [0.1, 0.15) is 12.1 Å². The molecule has 0 aliphatic carbocycles. The van der Waals surface area contributed by atoms with Crippen LogP contribution in [0.4, 0.5) is 0 Å². The van der Waals surface area contributed by atoms with E-state index in [9.17, 15) is 14.4 Å². The minimum atomic E-state index is -0.449. The van der Waals surface area contributed by atoms with Crippen molar-refractivity contribution in [3.8, 4) is 0 Å². The van der Waals surface area contributed by atoms with Crippen molar-refractivity contribution in [3.05, 3.63) is 0 Å². The van der Waals surface area contributed by atoms with Gasteiger partial charge in [-0.05, 0) is 19.8 Å². The van der Waals surface area contributed by atoms with Crippen LogP contribution in [-0.4, -0.2) is 74.1 Å². The summed E-state index contributed by atoms with van der Waals surface area (Å²) in [6, 6.07) is -0.876. The maximum atomic E-state index is 12.2. The summed E-state index contributed by atoms with van der Waals surface area (Å²) < 4.78 is 5.41. The molecule has 0 bridgehead atoms. The number of ether oxygens (including phenoxy) is 1. The van der Waals surface area contributed by atoms with Crippen molar-refractivity contribution < 1.29 is 19.1 Å². The third-order valence-corrected chi connectivity index (χ3v) is 4.13. The summed E-state index contributed by atoms with van der Waals surface area (Å²) in [4.78, 5) is 37.6. The number of nitrogens with one attached hydrogen (secondary N) is 3. The van der Waals surface area contributed by atoms with Gasteiger partial charge in [-0.2, -0.15) is 0 Å². The molecule has 2 saturated heterocycles. The smallest absolute Gasteiger partial charge is 0.242 e. The first-order chi connectivity index (χ1) is 10.5. The lowest BCUT2D eigenvalue weighted by atomic mass is 10.1. The number of carbonyl (C=O) groups is 3. The Labute approximate surface area is 142 Å². The lowest BCUT2D eigenvalue weighted by Gasteiger charge is -2.29. The van der Waals surface area contributed by atoms with Gasteiger partial charge in [0.15, 0.2) is 0 Å². The summed E-state index contributed by atoms with van der Waals surface area (Å²) in [6.45, 7) is 3.46. The molecule has 0 saturated carbocycles. The van der Waals surface area contributed by atoms with Crippen LogP contribution in [0.3, 0.4) is 0 Å². The number of likely N-dealkylation sites (tertiary alicyclic amines) is 1. The standard InChI is InChI=1S/C14H24N4O4.ClH/c1-9-12(16-5-7-22-9)14(21)17-8-11(19)18-6-3-4-10(18)13(20)15-2;/h9-10,12,16H,3-8H2,1-2H3,(H,15,20)(H,17,21);1H/t9-,10?,12+;/m1./s1. The van der Waals surface area contributed by atoms with Crippen LogP contribution in [-0.2, 0) is 19.1 Å². The molecule has 2 fully saturated rings. The Morgan fingerprint density at radius 3 is 2.70 bits per heavy atom. The van der Waals surface area contributed by atoms with E-state index in [4.69, 9.17) is 4.74 Å². The largest absolute Gasteiger partial charge is 0.375 e. The Balaban J connectivity index is 0.00000264. The number of halogens is 1. The maximum absolute atomic E-state index is 12.2. The van der Waals surface area contributed by atoms with Gasteiger partial charge in [-0.15, -0.1) is 12.4 Å². The van der Waals surface area contributed by atoms with Crippen molar-refractivity contribution in [1.82, 2.24) is 20.9 Å². The Kier molecular flexibility index (Phi) is 7.74. The van der Waals surface area contributed by atoms with Crippen LogP contribution in [0.25, 0.3) is 0 Å². The molecule has 3 atom stereocenters. The van der Waals surface area contributed by atoms with Gasteiger partial charge in [0.05, 0.1) is 19.3 Å². The average Bonchev–Trinajstić information content (AvgIpc) is 3.01. The van der Waals surface area contributed by atoms with Gasteiger partial charge in [0.2, 0.25) is 17.7 Å². The highest BCUT2D eigenvalue weighted by atomic mass is 35.5. The first-order valence-corrected chi connectivity index (χ1v) is 7.68. The van der Waals surface area contributed by atoms with Crippen LogP contribution in [0.2, 0.25) is 0 Å². The van der Waals surface area contributed by atoms with Crippen molar-refractivity contribution >= 4 is 30.1 Å². The zero-order chi connectivity index (χ0) is 16.1. The number of rotatable bonds is 4. The fourth-order valence-electron chi connectivity index (χ4n) is 2.91. The molecule has 23 heavy (non-hydrogen) atoms. The van der Waals surface area contributed by atoms with E-state index in [0.717, 1.165) is 6.42 Å². The maximum Gasteiger partial charge on any atom is 0.242 e. The van der Waals surface area contributed by atoms with E-state index in [1.54, 1.807) is 7.05 Å². The molecule has 9 heteroatoms. The quantitative estimate of drug-likeness (QED) is 0.582. The summed E-state index contributed by atoms with van der Waals surface area (Å²) in [7, 11) is 1.56. The lowest BCUT2D eigenvalue weighted by molar-refractivity contribution is -0.139. The molecule has 8 nitrogen and oxygen atoms in total. The van der Waals surface area contributed by atoms with Crippen molar-refractivity contribution in [1.29, 1.82) is 0 Å². The SMILES string of the molecule is CNC(=O)C1CCCN1C(=O)CNC(=O)[C@H]1NCCO[C@@H]1C.Cl. The summed E-state index contributed by atoms with van der Waals surface area (Å²) in [5, 5.41) is 8.27.